The minimum Gasteiger partial charge on any atom is -0.495 e. The summed E-state index contributed by atoms with van der Waals surface area (Å²) in [6, 6.07) is 12.2. The Bertz CT molecular complexity index is 975. The second-order valence-electron chi connectivity index (χ2n) is 5.66. The van der Waals surface area contributed by atoms with Gasteiger partial charge in [-0.1, -0.05) is 41.4 Å². The van der Waals surface area contributed by atoms with Gasteiger partial charge in [0.1, 0.15) is 10.8 Å². The Morgan fingerprint density at radius 2 is 2.00 bits per heavy atom. The molecule has 3 rings (SSSR count). The van der Waals surface area contributed by atoms with Gasteiger partial charge >= 0.3 is 6.03 Å². The molecule has 0 aliphatic carbocycles. The van der Waals surface area contributed by atoms with Crippen LogP contribution >= 0.6 is 34.5 Å². The molecule has 0 saturated carbocycles. The number of benzene rings is 2. The molecule has 27 heavy (non-hydrogen) atoms. The zero-order chi connectivity index (χ0) is 19.4. The minimum absolute atomic E-state index is 0.350. The van der Waals surface area contributed by atoms with Crippen molar-refractivity contribution in [2.75, 3.05) is 12.4 Å². The zero-order valence-corrected chi connectivity index (χ0v) is 17.0. The molecule has 1 heterocycles. The van der Waals surface area contributed by atoms with Crippen molar-refractivity contribution in [3.63, 3.8) is 0 Å². The molecule has 2 amide bonds. The van der Waals surface area contributed by atoms with E-state index in [0.717, 1.165) is 21.1 Å². The Labute approximate surface area is 171 Å². The highest BCUT2D eigenvalue weighted by Crippen LogP contribution is 2.32. The number of thiazole rings is 1. The molecule has 3 aromatic rings. The van der Waals surface area contributed by atoms with Gasteiger partial charge in [0.2, 0.25) is 0 Å². The van der Waals surface area contributed by atoms with Gasteiger partial charge < -0.3 is 15.4 Å². The number of nitrogens with zero attached hydrogens (tertiary/aromatic N) is 1. The van der Waals surface area contributed by atoms with Gasteiger partial charge in [0.05, 0.1) is 30.1 Å². The van der Waals surface area contributed by atoms with Crippen LogP contribution in [-0.4, -0.2) is 18.1 Å². The van der Waals surface area contributed by atoms with Gasteiger partial charge in [-0.05, 0) is 31.2 Å². The van der Waals surface area contributed by atoms with Crippen molar-refractivity contribution in [3.8, 4) is 16.3 Å². The maximum Gasteiger partial charge on any atom is 0.319 e. The highest BCUT2D eigenvalue weighted by Gasteiger charge is 2.13. The molecule has 0 unspecified atom stereocenters. The van der Waals surface area contributed by atoms with E-state index in [4.69, 9.17) is 27.9 Å². The van der Waals surface area contributed by atoms with Crippen molar-refractivity contribution in [1.82, 2.24) is 10.3 Å². The largest absolute Gasteiger partial charge is 0.495 e. The average Bonchev–Trinajstić information content (AvgIpc) is 3.01. The van der Waals surface area contributed by atoms with Crippen molar-refractivity contribution in [3.05, 3.63) is 63.1 Å². The van der Waals surface area contributed by atoms with Crippen LogP contribution in [0.25, 0.3) is 10.6 Å². The summed E-state index contributed by atoms with van der Waals surface area (Å²) in [5.74, 6) is 0.532. The lowest BCUT2D eigenvalue weighted by atomic mass is 10.2. The summed E-state index contributed by atoms with van der Waals surface area (Å²) in [4.78, 5) is 17.8. The molecular formula is C19H17Cl2N3O2S. The van der Waals surface area contributed by atoms with E-state index in [9.17, 15) is 4.79 Å². The summed E-state index contributed by atoms with van der Waals surface area (Å²) in [5.41, 5.74) is 2.24. The fourth-order valence-corrected chi connectivity index (χ4v) is 3.94. The summed E-state index contributed by atoms with van der Waals surface area (Å²) in [5, 5.41) is 7.55. The van der Waals surface area contributed by atoms with E-state index >= 15 is 0 Å². The van der Waals surface area contributed by atoms with E-state index in [0.29, 0.717) is 28.0 Å². The number of hydrogen-bond donors (Lipinski definition) is 2. The summed E-state index contributed by atoms with van der Waals surface area (Å²) < 4.78 is 5.23. The molecule has 5 nitrogen and oxygen atoms in total. The predicted molar refractivity (Wildman–Crippen MR) is 111 cm³/mol. The Morgan fingerprint density at radius 3 is 2.74 bits per heavy atom. The van der Waals surface area contributed by atoms with Crippen LogP contribution in [0, 0.1) is 6.92 Å². The number of anilines is 1. The fourth-order valence-electron chi connectivity index (χ4n) is 2.45. The summed E-state index contributed by atoms with van der Waals surface area (Å²) in [7, 11) is 1.53. The summed E-state index contributed by atoms with van der Waals surface area (Å²) in [6.07, 6.45) is 0. The number of aryl methyl sites for hydroxylation is 1. The lowest BCUT2D eigenvalue weighted by Gasteiger charge is -2.11. The smallest absolute Gasteiger partial charge is 0.319 e. The molecule has 2 aromatic carbocycles. The third kappa shape index (κ3) is 4.71. The molecule has 0 spiro atoms. The normalized spacial score (nSPS) is 10.5. The Hall–Kier alpha value is -2.28. The standard InChI is InChI=1S/C19H17Cl2N3O2S/c1-11-17(27-18(23-11)13-5-3-4-6-14(13)21)10-22-19(25)24-15-9-12(20)7-8-16(15)26-2/h3-9H,10H2,1-2H3,(H2,22,24,25). The van der Waals surface area contributed by atoms with Crippen LogP contribution in [0.4, 0.5) is 10.5 Å². The zero-order valence-electron chi connectivity index (χ0n) is 14.7. The number of hydrogen-bond acceptors (Lipinski definition) is 4. The second-order valence-corrected chi connectivity index (χ2v) is 7.59. The first-order chi connectivity index (χ1) is 13.0. The van der Waals surface area contributed by atoms with E-state index in [1.807, 2.05) is 31.2 Å². The Kier molecular flexibility index (Phi) is 6.21. The lowest BCUT2D eigenvalue weighted by molar-refractivity contribution is 0.251. The van der Waals surface area contributed by atoms with Gasteiger partial charge in [-0.25, -0.2) is 9.78 Å². The number of urea groups is 1. The van der Waals surface area contributed by atoms with Crippen LogP contribution < -0.4 is 15.4 Å². The maximum atomic E-state index is 12.2. The number of methoxy groups -OCH3 is 1. The first-order valence-electron chi connectivity index (χ1n) is 8.07. The van der Waals surface area contributed by atoms with Crippen LogP contribution in [0.3, 0.4) is 0 Å². The van der Waals surface area contributed by atoms with Gasteiger partial charge in [0.25, 0.3) is 0 Å². The predicted octanol–water partition coefficient (Wildman–Crippen LogP) is 5.76. The van der Waals surface area contributed by atoms with Gasteiger partial charge in [-0.15, -0.1) is 11.3 Å². The van der Waals surface area contributed by atoms with Gasteiger partial charge in [-0.2, -0.15) is 0 Å². The third-order valence-corrected chi connectivity index (χ3v) is 5.57. The van der Waals surface area contributed by atoms with Gasteiger partial charge in [0.15, 0.2) is 0 Å². The first-order valence-corrected chi connectivity index (χ1v) is 9.64. The maximum absolute atomic E-state index is 12.2. The number of carbonyl (C=O) groups is 1. The van der Waals surface area contributed by atoms with Crippen LogP contribution in [0.5, 0.6) is 5.75 Å². The van der Waals surface area contributed by atoms with E-state index in [-0.39, 0.29) is 6.03 Å². The molecule has 0 bridgehead atoms. The highest BCUT2D eigenvalue weighted by molar-refractivity contribution is 7.15. The van der Waals surface area contributed by atoms with Crippen molar-refractivity contribution in [2.24, 2.45) is 0 Å². The highest BCUT2D eigenvalue weighted by atomic mass is 35.5. The van der Waals surface area contributed by atoms with Crippen molar-refractivity contribution < 1.29 is 9.53 Å². The third-order valence-electron chi connectivity index (χ3n) is 3.82. The van der Waals surface area contributed by atoms with Gasteiger partial charge in [0, 0.05) is 15.5 Å². The number of nitrogens with one attached hydrogen (secondary N) is 2. The second kappa shape index (κ2) is 8.61. The molecule has 0 saturated heterocycles. The van der Waals surface area contributed by atoms with E-state index in [1.165, 1.54) is 18.4 Å². The number of aromatic nitrogens is 1. The SMILES string of the molecule is COc1ccc(Cl)cc1NC(=O)NCc1sc(-c2ccccc2Cl)nc1C. The van der Waals surface area contributed by atoms with E-state index < -0.39 is 0 Å². The average molecular weight is 422 g/mol. The number of rotatable bonds is 5. The molecule has 0 fully saturated rings. The molecule has 0 aliphatic rings. The van der Waals surface area contributed by atoms with Crippen molar-refractivity contribution in [1.29, 1.82) is 0 Å². The van der Waals surface area contributed by atoms with Crippen LogP contribution in [0.2, 0.25) is 10.0 Å². The lowest BCUT2D eigenvalue weighted by Crippen LogP contribution is -2.28. The quantitative estimate of drug-likeness (QED) is 0.550. The molecule has 0 aliphatic heterocycles. The van der Waals surface area contributed by atoms with Crippen LogP contribution in [0.1, 0.15) is 10.6 Å². The Morgan fingerprint density at radius 1 is 1.22 bits per heavy atom. The summed E-state index contributed by atoms with van der Waals surface area (Å²) >= 11 is 13.7. The van der Waals surface area contributed by atoms with E-state index in [2.05, 4.69) is 15.6 Å². The number of carbonyl (C=O) groups excluding carboxylic acids is 1. The molecule has 140 valence electrons. The number of ether oxygens (including phenoxy) is 1. The van der Waals surface area contributed by atoms with Crippen LogP contribution in [-0.2, 0) is 6.54 Å². The van der Waals surface area contributed by atoms with Gasteiger partial charge in [-0.3, -0.25) is 0 Å². The minimum atomic E-state index is -0.359. The van der Waals surface area contributed by atoms with Crippen molar-refractivity contribution >= 4 is 46.3 Å². The molecule has 2 N–H and O–H groups in total. The van der Waals surface area contributed by atoms with Crippen LogP contribution in [0.15, 0.2) is 42.5 Å². The molecule has 0 atom stereocenters. The molecule has 1 aromatic heterocycles. The number of amides is 2. The monoisotopic (exact) mass is 421 g/mol. The molecule has 0 radical (unpaired) electrons. The fraction of sp³-hybridized carbons (Fsp3) is 0.158. The van der Waals surface area contributed by atoms with E-state index in [1.54, 1.807) is 18.2 Å². The van der Waals surface area contributed by atoms with Crippen molar-refractivity contribution in [2.45, 2.75) is 13.5 Å². The first kappa shape index (κ1) is 19.5. The Balaban J connectivity index is 1.68. The number of halogens is 2. The molecule has 8 heteroatoms. The molecular weight excluding hydrogens is 405 g/mol. The topological polar surface area (TPSA) is 63.2 Å². The summed E-state index contributed by atoms with van der Waals surface area (Å²) in [6.45, 7) is 2.26.